The first-order valence-corrected chi connectivity index (χ1v) is 9.71. The molecule has 1 saturated carbocycles. The zero-order chi connectivity index (χ0) is 17.1. The fourth-order valence-electron chi connectivity index (χ4n) is 4.31. The van der Waals surface area contributed by atoms with Crippen molar-refractivity contribution in [3.05, 3.63) is 23.8 Å². The van der Waals surface area contributed by atoms with Gasteiger partial charge in [-0.3, -0.25) is 4.79 Å². The van der Waals surface area contributed by atoms with Crippen LogP contribution in [0.5, 0.6) is 11.5 Å². The highest BCUT2D eigenvalue weighted by molar-refractivity contribution is 5.85. The van der Waals surface area contributed by atoms with E-state index in [9.17, 15) is 4.79 Å². The molecule has 1 unspecified atom stereocenters. The van der Waals surface area contributed by atoms with Gasteiger partial charge in [-0.1, -0.05) is 25.3 Å². The van der Waals surface area contributed by atoms with Crippen molar-refractivity contribution >= 4 is 18.3 Å². The maximum Gasteiger partial charge on any atom is 0.231 e. The lowest BCUT2D eigenvalue weighted by Gasteiger charge is -2.37. The predicted octanol–water partition coefficient (Wildman–Crippen LogP) is 3.50. The van der Waals surface area contributed by atoms with Crippen molar-refractivity contribution in [3.8, 4) is 11.5 Å². The summed E-state index contributed by atoms with van der Waals surface area (Å²) in [6.07, 6.45) is 8.15. The molecule has 0 radical (unpaired) electrons. The molecule has 144 valence electrons. The monoisotopic (exact) mass is 380 g/mol. The van der Waals surface area contributed by atoms with E-state index < -0.39 is 0 Å². The standard InChI is InChI=1S/C20H28N2O3.ClH/c23-20(16-5-4-10-21-12-16)22(17-6-2-1-3-7-17)13-15-8-9-18-19(11-15)25-14-24-18;/h8-9,11,16-17,21H,1-7,10,12-14H2;1H. The van der Waals surface area contributed by atoms with Gasteiger partial charge in [0.25, 0.3) is 0 Å². The lowest BCUT2D eigenvalue weighted by molar-refractivity contribution is -0.140. The number of carbonyl (C=O) groups is 1. The van der Waals surface area contributed by atoms with E-state index >= 15 is 0 Å². The van der Waals surface area contributed by atoms with Crippen molar-refractivity contribution in [2.45, 2.75) is 57.5 Å². The molecule has 1 amide bonds. The summed E-state index contributed by atoms with van der Waals surface area (Å²) >= 11 is 0. The van der Waals surface area contributed by atoms with Crippen LogP contribution < -0.4 is 14.8 Å². The fourth-order valence-corrected chi connectivity index (χ4v) is 4.31. The highest BCUT2D eigenvalue weighted by Crippen LogP contribution is 2.34. The quantitative estimate of drug-likeness (QED) is 0.868. The zero-order valence-electron chi connectivity index (χ0n) is 15.2. The Morgan fingerprint density at radius 1 is 1.08 bits per heavy atom. The van der Waals surface area contributed by atoms with E-state index in [1.165, 1.54) is 19.3 Å². The molecule has 1 aromatic carbocycles. The van der Waals surface area contributed by atoms with Gasteiger partial charge >= 0.3 is 0 Å². The van der Waals surface area contributed by atoms with Gasteiger partial charge in [0.1, 0.15) is 0 Å². The minimum absolute atomic E-state index is 0. The Morgan fingerprint density at radius 2 is 1.88 bits per heavy atom. The fraction of sp³-hybridized carbons (Fsp3) is 0.650. The first-order chi connectivity index (χ1) is 12.3. The summed E-state index contributed by atoms with van der Waals surface area (Å²) in [5.74, 6) is 2.06. The number of ether oxygens (including phenoxy) is 2. The highest BCUT2D eigenvalue weighted by atomic mass is 35.5. The number of carbonyl (C=O) groups excluding carboxylic acids is 1. The number of hydrogen-bond acceptors (Lipinski definition) is 4. The molecule has 0 bridgehead atoms. The first-order valence-electron chi connectivity index (χ1n) is 9.71. The Hall–Kier alpha value is -1.46. The number of piperidine rings is 1. The first kappa shape index (κ1) is 19.3. The second-order valence-corrected chi connectivity index (χ2v) is 7.49. The Kier molecular flexibility index (Phi) is 6.65. The van der Waals surface area contributed by atoms with Gasteiger partial charge in [-0.05, 0) is 49.9 Å². The maximum absolute atomic E-state index is 13.3. The SMILES string of the molecule is Cl.O=C(C1CCCNC1)N(Cc1ccc2c(c1)OCO2)C1CCCCC1. The summed E-state index contributed by atoms with van der Waals surface area (Å²) in [4.78, 5) is 15.4. The largest absolute Gasteiger partial charge is 0.454 e. The van der Waals surface area contributed by atoms with Crippen molar-refractivity contribution in [1.29, 1.82) is 0 Å². The Morgan fingerprint density at radius 3 is 2.65 bits per heavy atom. The van der Waals surface area contributed by atoms with Crippen LogP contribution in [0.25, 0.3) is 0 Å². The van der Waals surface area contributed by atoms with Crippen LogP contribution in [0.2, 0.25) is 0 Å². The summed E-state index contributed by atoms with van der Waals surface area (Å²) < 4.78 is 10.9. The number of fused-ring (bicyclic) bond motifs is 1. The van der Waals surface area contributed by atoms with E-state index in [1.54, 1.807) is 0 Å². The molecular weight excluding hydrogens is 352 g/mol. The minimum atomic E-state index is 0. The molecule has 1 atom stereocenters. The van der Waals surface area contributed by atoms with Gasteiger partial charge in [-0.15, -0.1) is 12.4 Å². The number of benzene rings is 1. The highest BCUT2D eigenvalue weighted by Gasteiger charge is 2.31. The molecule has 1 N–H and O–H groups in total. The van der Waals surface area contributed by atoms with Crippen LogP contribution >= 0.6 is 12.4 Å². The normalized spacial score (nSPS) is 22.5. The molecule has 4 rings (SSSR count). The topological polar surface area (TPSA) is 50.8 Å². The molecule has 2 fully saturated rings. The lowest BCUT2D eigenvalue weighted by atomic mass is 9.91. The lowest BCUT2D eigenvalue weighted by Crippen LogP contribution is -2.47. The number of hydrogen-bond donors (Lipinski definition) is 1. The molecule has 2 aliphatic heterocycles. The van der Waals surface area contributed by atoms with E-state index in [0.29, 0.717) is 18.5 Å². The van der Waals surface area contributed by atoms with Crippen LogP contribution in [-0.4, -0.2) is 36.7 Å². The molecule has 2 heterocycles. The van der Waals surface area contributed by atoms with Crippen LogP contribution in [0, 0.1) is 5.92 Å². The number of nitrogens with zero attached hydrogens (tertiary/aromatic N) is 1. The van der Waals surface area contributed by atoms with Gasteiger partial charge in [-0.2, -0.15) is 0 Å². The number of halogens is 1. The zero-order valence-corrected chi connectivity index (χ0v) is 16.1. The molecule has 26 heavy (non-hydrogen) atoms. The van der Waals surface area contributed by atoms with E-state index in [0.717, 1.165) is 55.8 Å². The Bertz CT molecular complexity index is 613. The maximum atomic E-state index is 13.3. The van der Waals surface area contributed by atoms with E-state index in [1.807, 2.05) is 12.1 Å². The summed E-state index contributed by atoms with van der Waals surface area (Å²) in [5, 5.41) is 3.39. The Labute approximate surface area is 161 Å². The van der Waals surface area contributed by atoms with Gasteiger partial charge in [0, 0.05) is 19.1 Å². The van der Waals surface area contributed by atoms with Gasteiger partial charge < -0.3 is 19.7 Å². The summed E-state index contributed by atoms with van der Waals surface area (Å²) in [6.45, 7) is 2.83. The molecule has 0 aromatic heterocycles. The third-order valence-corrected chi connectivity index (χ3v) is 5.73. The molecule has 1 aliphatic carbocycles. The predicted molar refractivity (Wildman–Crippen MR) is 103 cm³/mol. The second-order valence-electron chi connectivity index (χ2n) is 7.49. The smallest absolute Gasteiger partial charge is 0.231 e. The van der Waals surface area contributed by atoms with Crippen molar-refractivity contribution in [2.24, 2.45) is 5.92 Å². The summed E-state index contributed by atoms with van der Waals surface area (Å²) in [6, 6.07) is 6.44. The van der Waals surface area contributed by atoms with E-state index in [2.05, 4.69) is 16.3 Å². The van der Waals surface area contributed by atoms with Gasteiger partial charge in [0.05, 0.1) is 5.92 Å². The van der Waals surface area contributed by atoms with Crippen molar-refractivity contribution < 1.29 is 14.3 Å². The summed E-state index contributed by atoms with van der Waals surface area (Å²) in [5.41, 5.74) is 1.13. The van der Waals surface area contributed by atoms with Crippen LogP contribution in [-0.2, 0) is 11.3 Å². The van der Waals surface area contributed by atoms with Crippen LogP contribution in [0.3, 0.4) is 0 Å². The van der Waals surface area contributed by atoms with Gasteiger partial charge in [-0.25, -0.2) is 0 Å². The van der Waals surface area contributed by atoms with Crippen molar-refractivity contribution in [2.75, 3.05) is 19.9 Å². The van der Waals surface area contributed by atoms with Crippen LogP contribution in [0.15, 0.2) is 18.2 Å². The summed E-state index contributed by atoms with van der Waals surface area (Å²) in [7, 11) is 0. The third-order valence-electron chi connectivity index (χ3n) is 5.73. The molecule has 3 aliphatic rings. The molecule has 1 saturated heterocycles. The number of nitrogens with one attached hydrogen (secondary N) is 1. The number of rotatable bonds is 4. The van der Waals surface area contributed by atoms with Gasteiger partial charge in [0.2, 0.25) is 12.7 Å². The minimum Gasteiger partial charge on any atom is -0.454 e. The number of amides is 1. The second kappa shape index (κ2) is 8.96. The molecule has 6 heteroatoms. The molecule has 0 spiro atoms. The van der Waals surface area contributed by atoms with Crippen molar-refractivity contribution in [1.82, 2.24) is 10.2 Å². The molecular formula is C20H29ClN2O3. The molecule has 5 nitrogen and oxygen atoms in total. The van der Waals surface area contributed by atoms with Crippen molar-refractivity contribution in [3.63, 3.8) is 0 Å². The van der Waals surface area contributed by atoms with E-state index in [-0.39, 0.29) is 25.1 Å². The average molecular weight is 381 g/mol. The van der Waals surface area contributed by atoms with Crippen LogP contribution in [0.4, 0.5) is 0 Å². The van der Waals surface area contributed by atoms with E-state index in [4.69, 9.17) is 9.47 Å². The Balaban J connectivity index is 0.00000196. The third kappa shape index (κ3) is 4.26. The van der Waals surface area contributed by atoms with Crippen LogP contribution in [0.1, 0.15) is 50.5 Å². The average Bonchev–Trinajstić information content (AvgIpc) is 3.15. The van der Waals surface area contributed by atoms with Gasteiger partial charge in [0.15, 0.2) is 11.5 Å². The molecule has 1 aromatic rings.